The van der Waals surface area contributed by atoms with Crippen LogP contribution in [0.3, 0.4) is 0 Å². The summed E-state index contributed by atoms with van der Waals surface area (Å²) < 4.78 is 0. The number of carbonyl (C=O) groups is 2. The molecule has 3 rings (SSSR count). The zero-order valence-corrected chi connectivity index (χ0v) is 16.2. The third kappa shape index (κ3) is 3.61. The van der Waals surface area contributed by atoms with Crippen LogP contribution in [0.1, 0.15) is 45.2 Å². The molecule has 2 aliphatic rings. The summed E-state index contributed by atoms with van der Waals surface area (Å²) in [5.74, 6) is 0. The lowest BCUT2D eigenvalue weighted by Gasteiger charge is -2.38. The molecule has 142 valence electrons. The van der Waals surface area contributed by atoms with Crippen LogP contribution in [0.4, 0.5) is 9.59 Å². The number of likely N-dealkylation sites (tertiary alicyclic amines) is 1. The average molecular weight is 380 g/mol. The molecule has 2 fully saturated rings. The maximum Gasteiger partial charge on any atom is 0.407 e. The summed E-state index contributed by atoms with van der Waals surface area (Å²) in [6.45, 7) is 7.65. The molecule has 2 aliphatic heterocycles. The summed E-state index contributed by atoms with van der Waals surface area (Å²) in [4.78, 5) is 29.7. The van der Waals surface area contributed by atoms with Gasteiger partial charge in [-0.3, -0.25) is 0 Å². The highest BCUT2D eigenvalue weighted by Crippen LogP contribution is 2.38. The molecule has 0 aromatic heterocycles. The van der Waals surface area contributed by atoms with Crippen molar-refractivity contribution < 1.29 is 14.7 Å². The quantitative estimate of drug-likeness (QED) is 0.842. The van der Waals surface area contributed by atoms with Crippen LogP contribution in [0.25, 0.3) is 0 Å². The Labute approximate surface area is 159 Å². The lowest BCUT2D eigenvalue weighted by molar-refractivity contribution is 0.0973. The predicted octanol–water partition coefficient (Wildman–Crippen LogP) is 4.06. The molecule has 1 aromatic carbocycles. The van der Waals surface area contributed by atoms with Crippen molar-refractivity contribution in [2.24, 2.45) is 0 Å². The normalized spacial score (nSPS) is 22.2. The van der Waals surface area contributed by atoms with E-state index < -0.39 is 6.09 Å². The first kappa shape index (κ1) is 18.8. The number of hydrogen-bond donors (Lipinski definition) is 1. The van der Waals surface area contributed by atoms with E-state index in [1.165, 1.54) is 4.90 Å². The lowest BCUT2D eigenvalue weighted by atomic mass is 9.99. The molecule has 1 aromatic rings. The van der Waals surface area contributed by atoms with Gasteiger partial charge in [0.25, 0.3) is 0 Å². The Morgan fingerprint density at radius 2 is 1.88 bits per heavy atom. The molecule has 1 unspecified atom stereocenters. The average Bonchev–Trinajstić information content (AvgIpc) is 2.92. The van der Waals surface area contributed by atoms with Crippen LogP contribution in [0.5, 0.6) is 0 Å². The van der Waals surface area contributed by atoms with E-state index in [4.69, 9.17) is 11.6 Å². The van der Waals surface area contributed by atoms with Gasteiger partial charge in [0.05, 0.1) is 6.04 Å². The van der Waals surface area contributed by atoms with Gasteiger partial charge in [0.1, 0.15) is 0 Å². The van der Waals surface area contributed by atoms with Crippen LogP contribution in [0, 0.1) is 0 Å². The topological polar surface area (TPSA) is 64.1 Å². The second-order valence-corrected chi connectivity index (χ2v) is 8.48. The highest BCUT2D eigenvalue weighted by Gasteiger charge is 2.46. The predicted molar refractivity (Wildman–Crippen MR) is 101 cm³/mol. The summed E-state index contributed by atoms with van der Waals surface area (Å²) in [6, 6.07) is 7.67. The van der Waals surface area contributed by atoms with Crippen molar-refractivity contribution in [2.45, 2.75) is 51.2 Å². The molecule has 0 spiro atoms. The van der Waals surface area contributed by atoms with E-state index in [-0.39, 0.29) is 23.7 Å². The van der Waals surface area contributed by atoms with Crippen molar-refractivity contribution in [1.29, 1.82) is 0 Å². The van der Waals surface area contributed by atoms with E-state index in [0.29, 0.717) is 37.5 Å². The Morgan fingerprint density at radius 1 is 1.23 bits per heavy atom. The van der Waals surface area contributed by atoms with E-state index in [9.17, 15) is 14.7 Å². The van der Waals surface area contributed by atoms with Crippen molar-refractivity contribution in [3.05, 3.63) is 34.9 Å². The SMILES string of the molecule is CC(C)(C)N1CC(c2cccc(Cl)c2)N(C2CCN(C(=O)O)CC2)C1=O. The standard InChI is InChI=1S/C19H26ClN3O3/c1-19(2,3)22-12-16(13-5-4-6-14(20)11-13)23(17(22)24)15-7-9-21(10-8-15)18(25)26/h4-6,11,15-16H,7-10,12H2,1-3H3,(H,25,26). The molecule has 3 amide bonds. The summed E-state index contributed by atoms with van der Waals surface area (Å²) in [7, 11) is 0. The molecule has 7 heteroatoms. The van der Waals surface area contributed by atoms with Crippen molar-refractivity contribution >= 4 is 23.7 Å². The first-order chi connectivity index (χ1) is 12.2. The zero-order valence-electron chi connectivity index (χ0n) is 15.5. The fourth-order valence-corrected chi connectivity index (χ4v) is 4.10. The van der Waals surface area contributed by atoms with E-state index in [1.54, 1.807) is 0 Å². The number of carboxylic acid groups (broad SMARTS) is 1. The van der Waals surface area contributed by atoms with Crippen molar-refractivity contribution in [2.75, 3.05) is 19.6 Å². The number of nitrogens with zero attached hydrogens (tertiary/aromatic N) is 3. The van der Waals surface area contributed by atoms with Crippen LogP contribution in [0.15, 0.2) is 24.3 Å². The number of benzene rings is 1. The van der Waals surface area contributed by atoms with Gasteiger partial charge in [-0.1, -0.05) is 23.7 Å². The molecule has 0 aliphatic carbocycles. The minimum atomic E-state index is -0.890. The fourth-order valence-electron chi connectivity index (χ4n) is 3.90. The Kier molecular flexibility index (Phi) is 5.06. The van der Waals surface area contributed by atoms with Crippen molar-refractivity contribution in [3.8, 4) is 0 Å². The minimum absolute atomic E-state index is 0.0243. The summed E-state index contributed by atoms with van der Waals surface area (Å²) in [5.41, 5.74) is 0.753. The highest BCUT2D eigenvalue weighted by atomic mass is 35.5. The maximum atomic E-state index is 13.2. The molecular formula is C19H26ClN3O3. The van der Waals surface area contributed by atoms with Gasteiger partial charge in [0.2, 0.25) is 0 Å². The zero-order chi connectivity index (χ0) is 19.1. The van der Waals surface area contributed by atoms with Crippen molar-refractivity contribution in [1.82, 2.24) is 14.7 Å². The van der Waals surface area contributed by atoms with Crippen LogP contribution in [0.2, 0.25) is 5.02 Å². The number of hydrogen-bond acceptors (Lipinski definition) is 2. The van der Waals surface area contributed by atoms with E-state index in [2.05, 4.69) is 0 Å². The van der Waals surface area contributed by atoms with Crippen LogP contribution in [-0.2, 0) is 0 Å². The van der Waals surface area contributed by atoms with Gasteiger partial charge in [-0.15, -0.1) is 0 Å². The van der Waals surface area contributed by atoms with Gasteiger partial charge in [0.15, 0.2) is 0 Å². The van der Waals surface area contributed by atoms with Gasteiger partial charge in [-0.2, -0.15) is 0 Å². The van der Waals surface area contributed by atoms with Crippen LogP contribution < -0.4 is 0 Å². The summed E-state index contributed by atoms with van der Waals surface area (Å²) in [6.07, 6.45) is 0.430. The summed E-state index contributed by atoms with van der Waals surface area (Å²) >= 11 is 6.18. The fraction of sp³-hybridized carbons (Fsp3) is 0.579. The first-order valence-electron chi connectivity index (χ1n) is 9.02. The molecule has 0 bridgehead atoms. The Bertz CT molecular complexity index is 696. The molecular weight excluding hydrogens is 354 g/mol. The second-order valence-electron chi connectivity index (χ2n) is 8.04. The number of piperidine rings is 1. The van der Waals surface area contributed by atoms with Gasteiger partial charge >= 0.3 is 12.1 Å². The lowest BCUT2D eigenvalue weighted by Crippen LogP contribution is -2.50. The highest BCUT2D eigenvalue weighted by molar-refractivity contribution is 6.30. The van der Waals surface area contributed by atoms with Crippen LogP contribution in [-0.4, -0.2) is 63.1 Å². The number of carbonyl (C=O) groups excluding carboxylic acids is 1. The molecule has 1 N–H and O–H groups in total. The number of halogens is 1. The Hall–Kier alpha value is -1.95. The third-order valence-corrected chi connectivity index (χ3v) is 5.55. The first-order valence-corrected chi connectivity index (χ1v) is 9.39. The Morgan fingerprint density at radius 3 is 2.42 bits per heavy atom. The largest absolute Gasteiger partial charge is 0.465 e. The Balaban J connectivity index is 1.88. The minimum Gasteiger partial charge on any atom is -0.465 e. The molecule has 0 radical (unpaired) electrons. The third-order valence-electron chi connectivity index (χ3n) is 5.31. The maximum absolute atomic E-state index is 13.2. The van der Waals surface area contributed by atoms with E-state index in [1.807, 2.05) is 54.8 Å². The molecule has 2 saturated heterocycles. The summed E-state index contributed by atoms with van der Waals surface area (Å²) in [5, 5.41) is 9.83. The van der Waals surface area contributed by atoms with Crippen molar-refractivity contribution in [3.63, 3.8) is 0 Å². The van der Waals surface area contributed by atoms with Gasteiger partial charge in [0, 0.05) is 36.2 Å². The van der Waals surface area contributed by atoms with Gasteiger partial charge < -0.3 is 19.8 Å². The van der Waals surface area contributed by atoms with Gasteiger partial charge in [-0.25, -0.2) is 9.59 Å². The molecule has 0 saturated carbocycles. The van der Waals surface area contributed by atoms with Crippen LogP contribution >= 0.6 is 11.6 Å². The smallest absolute Gasteiger partial charge is 0.407 e. The number of urea groups is 1. The molecule has 26 heavy (non-hydrogen) atoms. The molecule has 2 heterocycles. The van der Waals surface area contributed by atoms with E-state index >= 15 is 0 Å². The number of amides is 3. The van der Waals surface area contributed by atoms with E-state index in [0.717, 1.165) is 5.56 Å². The monoisotopic (exact) mass is 379 g/mol. The number of rotatable bonds is 2. The second kappa shape index (κ2) is 6.99. The molecule has 1 atom stereocenters. The molecule has 6 nitrogen and oxygen atoms in total. The van der Waals surface area contributed by atoms with Gasteiger partial charge in [-0.05, 0) is 51.3 Å².